The SMILES string of the molecule is CC(N)c1cnc(CC2CCSC2)o1. The molecule has 14 heavy (non-hydrogen) atoms. The molecule has 0 aromatic carbocycles. The summed E-state index contributed by atoms with van der Waals surface area (Å²) in [7, 11) is 0. The number of thioether (sulfide) groups is 1. The van der Waals surface area contributed by atoms with Gasteiger partial charge in [-0.2, -0.15) is 11.8 Å². The maximum absolute atomic E-state index is 5.70. The minimum absolute atomic E-state index is 0.0470. The second kappa shape index (κ2) is 4.36. The Kier molecular flexibility index (Phi) is 3.13. The number of oxazole rings is 1. The Hall–Kier alpha value is -0.480. The molecule has 0 saturated carbocycles. The Morgan fingerprint density at radius 1 is 1.79 bits per heavy atom. The van der Waals surface area contributed by atoms with Crippen molar-refractivity contribution in [2.45, 2.75) is 25.8 Å². The Morgan fingerprint density at radius 3 is 3.21 bits per heavy atom. The fourth-order valence-electron chi connectivity index (χ4n) is 1.62. The first-order valence-corrected chi connectivity index (χ1v) is 6.19. The second-order valence-corrected chi connectivity index (χ2v) is 5.03. The average Bonchev–Trinajstić information content (AvgIpc) is 2.75. The third-order valence-corrected chi connectivity index (χ3v) is 3.74. The topological polar surface area (TPSA) is 52.0 Å². The van der Waals surface area contributed by atoms with E-state index in [2.05, 4.69) is 4.98 Å². The number of aromatic nitrogens is 1. The quantitative estimate of drug-likeness (QED) is 0.832. The van der Waals surface area contributed by atoms with E-state index in [0.29, 0.717) is 0 Å². The molecular weight excluding hydrogens is 196 g/mol. The van der Waals surface area contributed by atoms with Crippen molar-refractivity contribution in [3.63, 3.8) is 0 Å². The first-order valence-electron chi connectivity index (χ1n) is 5.03. The lowest BCUT2D eigenvalue weighted by atomic mass is 10.1. The van der Waals surface area contributed by atoms with E-state index in [-0.39, 0.29) is 6.04 Å². The molecule has 78 valence electrons. The number of hydrogen-bond acceptors (Lipinski definition) is 4. The van der Waals surface area contributed by atoms with E-state index < -0.39 is 0 Å². The van der Waals surface area contributed by atoms with Crippen molar-refractivity contribution in [2.24, 2.45) is 11.7 Å². The van der Waals surface area contributed by atoms with Gasteiger partial charge in [-0.15, -0.1) is 0 Å². The summed E-state index contributed by atoms with van der Waals surface area (Å²) < 4.78 is 5.56. The molecule has 0 bridgehead atoms. The van der Waals surface area contributed by atoms with Gasteiger partial charge in [-0.05, 0) is 30.8 Å². The van der Waals surface area contributed by atoms with Crippen molar-refractivity contribution in [3.8, 4) is 0 Å². The van der Waals surface area contributed by atoms with Gasteiger partial charge in [-0.1, -0.05) is 0 Å². The second-order valence-electron chi connectivity index (χ2n) is 3.88. The van der Waals surface area contributed by atoms with Crippen LogP contribution in [-0.2, 0) is 6.42 Å². The van der Waals surface area contributed by atoms with Crippen molar-refractivity contribution < 1.29 is 4.42 Å². The van der Waals surface area contributed by atoms with Crippen LogP contribution in [0.3, 0.4) is 0 Å². The van der Waals surface area contributed by atoms with E-state index in [1.165, 1.54) is 17.9 Å². The lowest BCUT2D eigenvalue weighted by molar-refractivity contribution is 0.407. The molecule has 2 heterocycles. The Bertz CT molecular complexity index is 292. The number of nitrogens with zero attached hydrogens (tertiary/aromatic N) is 1. The Balaban J connectivity index is 1.95. The highest BCUT2D eigenvalue weighted by molar-refractivity contribution is 7.99. The molecule has 1 saturated heterocycles. The molecule has 1 aromatic heterocycles. The summed E-state index contributed by atoms with van der Waals surface area (Å²) in [5.74, 6) is 4.93. The average molecular weight is 212 g/mol. The number of rotatable bonds is 3. The zero-order valence-electron chi connectivity index (χ0n) is 8.40. The van der Waals surface area contributed by atoms with E-state index in [1.54, 1.807) is 6.20 Å². The van der Waals surface area contributed by atoms with Crippen LogP contribution in [0.4, 0.5) is 0 Å². The van der Waals surface area contributed by atoms with Gasteiger partial charge in [0.2, 0.25) is 0 Å². The van der Waals surface area contributed by atoms with Crippen molar-refractivity contribution in [2.75, 3.05) is 11.5 Å². The van der Waals surface area contributed by atoms with Crippen molar-refractivity contribution >= 4 is 11.8 Å². The van der Waals surface area contributed by atoms with Crippen LogP contribution in [0, 0.1) is 5.92 Å². The van der Waals surface area contributed by atoms with Crippen LogP contribution in [-0.4, -0.2) is 16.5 Å². The molecule has 3 nitrogen and oxygen atoms in total. The van der Waals surface area contributed by atoms with Gasteiger partial charge in [0.25, 0.3) is 0 Å². The molecule has 2 atom stereocenters. The standard InChI is InChI=1S/C10H16N2OS/c1-7(11)9-5-12-10(13-9)4-8-2-3-14-6-8/h5,7-8H,2-4,6,11H2,1H3. The van der Waals surface area contributed by atoms with Crippen LogP contribution in [0.25, 0.3) is 0 Å². The third-order valence-electron chi connectivity index (χ3n) is 2.51. The number of nitrogens with two attached hydrogens (primary N) is 1. The largest absolute Gasteiger partial charge is 0.444 e. The summed E-state index contributed by atoms with van der Waals surface area (Å²) in [6.07, 6.45) is 4.02. The van der Waals surface area contributed by atoms with Crippen molar-refractivity contribution in [1.29, 1.82) is 0 Å². The predicted octanol–water partition coefficient (Wildman–Crippen LogP) is 1.99. The van der Waals surface area contributed by atoms with Crippen LogP contribution < -0.4 is 5.73 Å². The van der Waals surface area contributed by atoms with E-state index in [1.807, 2.05) is 18.7 Å². The molecule has 2 N–H and O–H groups in total. The normalized spacial score (nSPS) is 24.0. The van der Waals surface area contributed by atoms with Crippen LogP contribution in [0.15, 0.2) is 10.6 Å². The van der Waals surface area contributed by atoms with Crippen LogP contribution in [0.2, 0.25) is 0 Å². The monoisotopic (exact) mass is 212 g/mol. The molecule has 1 aliphatic rings. The maximum Gasteiger partial charge on any atom is 0.194 e. The summed E-state index contributed by atoms with van der Waals surface area (Å²) in [4.78, 5) is 4.24. The molecular formula is C10H16N2OS. The molecule has 4 heteroatoms. The summed E-state index contributed by atoms with van der Waals surface area (Å²) >= 11 is 2.02. The highest BCUT2D eigenvalue weighted by Crippen LogP contribution is 2.26. The molecule has 2 rings (SSSR count). The molecule has 0 spiro atoms. The number of hydrogen-bond donors (Lipinski definition) is 1. The highest BCUT2D eigenvalue weighted by atomic mass is 32.2. The molecule has 0 amide bonds. The minimum atomic E-state index is -0.0470. The van der Waals surface area contributed by atoms with Gasteiger partial charge in [-0.25, -0.2) is 4.98 Å². The first-order chi connectivity index (χ1) is 6.75. The van der Waals surface area contributed by atoms with Gasteiger partial charge in [0.1, 0.15) is 5.76 Å². The lowest BCUT2D eigenvalue weighted by Gasteiger charge is -2.03. The van der Waals surface area contributed by atoms with Crippen LogP contribution >= 0.6 is 11.8 Å². The first kappa shape index (κ1) is 10.1. The van der Waals surface area contributed by atoms with E-state index in [4.69, 9.17) is 10.2 Å². The van der Waals surface area contributed by atoms with Gasteiger partial charge in [-0.3, -0.25) is 0 Å². The maximum atomic E-state index is 5.70. The van der Waals surface area contributed by atoms with Gasteiger partial charge < -0.3 is 10.2 Å². The van der Waals surface area contributed by atoms with E-state index >= 15 is 0 Å². The van der Waals surface area contributed by atoms with Gasteiger partial charge >= 0.3 is 0 Å². The van der Waals surface area contributed by atoms with Crippen LogP contribution in [0.1, 0.15) is 31.0 Å². The fourth-order valence-corrected chi connectivity index (χ4v) is 2.91. The Labute approximate surface area is 88.5 Å². The molecule has 0 aliphatic carbocycles. The van der Waals surface area contributed by atoms with Gasteiger partial charge in [0, 0.05) is 6.42 Å². The van der Waals surface area contributed by atoms with Crippen LogP contribution in [0.5, 0.6) is 0 Å². The Morgan fingerprint density at radius 2 is 2.64 bits per heavy atom. The predicted molar refractivity (Wildman–Crippen MR) is 58.2 cm³/mol. The molecule has 0 radical (unpaired) electrons. The van der Waals surface area contributed by atoms with Gasteiger partial charge in [0.15, 0.2) is 5.89 Å². The van der Waals surface area contributed by atoms with Gasteiger partial charge in [0.05, 0.1) is 12.2 Å². The van der Waals surface area contributed by atoms with Crippen molar-refractivity contribution in [3.05, 3.63) is 17.8 Å². The lowest BCUT2D eigenvalue weighted by Crippen LogP contribution is -2.04. The molecule has 2 unspecified atom stereocenters. The van der Waals surface area contributed by atoms with E-state index in [9.17, 15) is 0 Å². The smallest absolute Gasteiger partial charge is 0.194 e. The third kappa shape index (κ3) is 2.30. The zero-order chi connectivity index (χ0) is 9.97. The van der Waals surface area contributed by atoms with Crippen molar-refractivity contribution in [1.82, 2.24) is 4.98 Å². The zero-order valence-corrected chi connectivity index (χ0v) is 9.22. The molecule has 1 fully saturated rings. The molecule has 1 aliphatic heterocycles. The van der Waals surface area contributed by atoms with E-state index in [0.717, 1.165) is 24.0 Å². The summed E-state index contributed by atoms with van der Waals surface area (Å²) in [5.41, 5.74) is 5.70. The summed E-state index contributed by atoms with van der Waals surface area (Å²) in [6, 6.07) is -0.0470. The minimum Gasteiger partial charge on any atom is -0.444 e. The highest BCUT2D eigenvalue weighted by Gasteiger charge is 2.18. The summed E-state index contributed by atoms with van der Waals surface area (Å²) in [6.45, 7) is 1.91. The molecule has 1 aromatic rings. The summed E-state index contributed by atoms with van der Waals surface area (Å²) in [5, 5.41) is 0. The fraction of sp³-hybridized carbons (Fsp3) is 0.700.